The van der Waals surface area contributed by atoms with Gasteiger partial charge in [0.05, 0.1) is 10.0 Å². The second-order valence-corrected chi connectivity index (χ2v) is 5.51. The van der Waals surface area contributed by atoms with Crippen LogP contribution in [-0.4, -0.2) is 19.3 Å². The molecule has 0 aliphatic carbocycles. The molecule has 0 aromatic heterocycles. The molecular formula is C12H13Cl4NO2. The molecule has 1 atom stereocenters. The van der Waals surface area contributed by atoms with Gasteiger partial charge in [0.25, 0.3) is 0 Å². The number of halogens is 4. The maximum atomic E-state index is 6.08. The third-order valence-electron chi connectivity index (χ3n) is 2.11. The molecule has 0 aliphatic heterocycles. The molecule has 19 heavy (non-hydrogen) atoms. The zero-order valence-electron chi connectivity index (χ0n) is 10.1. The van der Waals surface area contributed by atoms with Gasteiger partial charge in [0.2, 0.25) is 0 Å². The maximum absolute atomic E-state index is 6.08. The molecule has 0 saturated heterocycles. The zero-order valence-corrected chi connectivity index (χ0v) is 13.2. The second kappa shape index (κ2) is 8.08. The van der Waals surface area contributed by atoms with E-state index in [9.17, 15) is 0 Å². The van der Waals surface area contributed by atoms with Crippen LogP contribution in [-0.2, 0) is 0 Å². The largest absolute Gasteiger partial charge is 0.489 e. The molecule has 1 unspecified atom stereocenters. The zero-order chi connectivity index (χ0) is 14.4. The van der Waals surface area contributed by atoms with E-state index in [1.807, 2.05) is 6.92 Å². The minimum absolute atomic E-state index is 0.133. The van der Waals surface area contributed by atoms with E-state index in [4.69, 9.17) is 61.6 Å². The van der Waals surface area contributed by atoms with Gasteiger partial charge in [-0.05, 0) is 13.0 Å². The van der Waals surface area contributed by atoms with Gasteiger partial charge < -0.3 is 15.2 Å². The highest BCUT2D eigenvalue weighted by Crippen LogP contribution is 2.37. The normalized spacial score (nSPS) is 11.9. The molecule has 0 aliphatic rings. The van der Waals surface area contributed by atoms with Gasteiger partial charge in [0.1, 0.15) is 23.0 Å². The lowest BCUT2D eigenvalue weighted by atomic mass is 10.3. The van der Waals surface area contributed by atoms with E-state index < -0.39 is 0 Å². The molecule has 2 N–H and O–H groups in total. The van der Waals surface area contributed by atoms with Crippen LogP contribution < -0.4 is 15.2 Å². The Balaban J connectivity index is 2.81. The number of nitrogens with two attached hydrogens (primary N) is 1. The monoisotopic (exact) mass is 343 g/mol. The van der Waals surface area contributed by atoms with Crippen molar-refractivity contribution in [2.24, 2.45) is 5.73 Å². The average Bonchev–Trinajstić information content (AvgIpc) is 2.33. The predicted molar refractivity (Wildman–Crippen MR) is 80.9 cm³/mol. The van der Waals surface area contributed by atoms with Crippen molar-refractivity contribution in [2.75, 3.05) is 13.2 Å². The molecule has 1 aromatic carbocycles. The third-order valence-corrected chi connectivity index (χ3v) is 2.98. The molecule has 1 rings (SSSR count). The molecule has 0 radical (unpaired) electrons. The van der Waals surface area contributed by atoms with E-state index in [1.165, 1.54) is 6.08 Å². The number of benzene rings is 1. The van der Waals surface area contributed by atoms with Crippen LogP contribution in [0.4, 0.5) is 0 Å². The molecule has 106 valence electrons. The predicted octanol–water partition coefficient (Wildman–Crippen LogP) is 4.42. The number of ether oxygens (including phenoxy) is 2. The van der Waals surface area contributed by atoms with Crippen molar-refractivity contribution in [3.05, 3.63) is 32.7 Å². The average molecular weight is 345 g/mol. The van der Waals surface area contributed by atoms with Crippen LogP contribution in [0.1, 0.15) is 6.92 Å². The van der Waals surface area contributed by atoms with E-state index >= 15 is 0 Å². The summed E-state index contributed by atoms with van der Waals surface area (Å²) < 4.78 is 11.0. The molecule has 0 fully saturated rings. The highest BCUT2D eigenvalue weighted by molar-refractivity contribution is 6.55. The van der Waals surface area contributed by atoms with Crippen molar-refractivity contribution in [1.82, 2.24) is 0 Å². The quantitative estimate of drug-likeness (QED) is 0.830. The highest BCUT2D eigenvalue weighted by atomic mass is 35.5. The Labute approximate surface area is 132 Å². The Kier molecular flexibility index (Phi) is 7.11. The van der Waals surface area contributed by atoms with E-state index in [-0.39, 0.29) is 17.2 Å². The van der Waals surface area contributed by atoms with Crippen LogP contribution in [0.25, 0.3) is 0 Å². The molecule has 0 heterocycles. The Hall–Kier alpha value is -0.320. The van der Waals surface area contributed by atoms with E-state index in [2.05, 4.69) is 0 Å². The highest BCUT2D eigenvalue weighted by Gasteiger charge is 2.13. The van der Waals surface area contributed by atoms with Gasteiger partial charge in [-0.3, -0.25) is 0 Å². The van der Waals surface area contributed by atoms with Gasteiger partial charge >= 0.3 is 0 Å². The van der Waals surface area contributed by atoms with Crippen molar-refractivity contribution in [1.29, 1.82) is 0 Å². The summed E-state index contributed by atoms with van der Waals surface area (Å²) in [6.45, 7) is 2.41. The third kappa shape index (κ3) is 5.67. The fourth-order valence-electron chi connectivity index (χ4n) is 1.18. The number of hydrogen-bond donors (Lipinski definition) is 1. The Morgan fingerprint density at radius 1 is 1.32 bits per heavy atom. The Morgan fingerprint density at radius 3 is 2.37 bits per heavy atom. The first-order valence-corrected chi connectivity index (χ1v) is 6.95. The number of rotatable bonds is 6. The summed E-state index contributed by atoms with van der Waals surface area (Å²) in [7, 11) is 0. The van der Waals surface area contributed by atoms with Crippen molar-refractivity contribution >= 4 is 46.4 Å². The summed E-state index contributed by atoms with van der Waals surface area (Å²) in [5.41, 5.74) is 5.48. The smallest absolute Gasteiger partial charge is 0.157 e. The summed E-state index contributed by atoms with van der Waals surface area (Å²) >= 11 is 23.1. The van der Waals surface area contributed by atoms with E-state index in [1.54, 1.807) is 12.1 Å². The van der Waals surface area contributed by atoms with Crippen molar-refractivity contribution < 1.29 is 9.47 Å². The van der Waals surface area contributed by atoms with Gasteiger partial charge in [-0.25, -0.2) is 0 Å². The first-order chi connectivity index (χ1) is 8.93. The first-order valence-electron chi connectivity index (χ1n) is 5.43. The van der Waals surface area contributed by atoms with Gasteiger partial charge in [-0.1, -0.05) is 46.4 Å². The summed E-state index contributed by atoms with van der Waals surface area (Å²) in [4.78, 5) is 0. The SMILES string of the molecule is CC(CN)Oc1c(Cl)cc(OCC=C(Cl)Cl)cc1Cl. The Morgan fingerprint density at radius 2 is 1.89 bits per heavy atom. The van der Waals surface area contributed by atoms with Crippen LogP contribution in [0.3, 0.4) is 0 Å². The van der Waals surface area contributed by atoms with Crippen LogP contribution in [0, 0.1) is 0 Å². The molecule has 3 nitrogen and oxygen atoms in total. The van der Waals surface area contributed by atoms with Crippen molar-refractivity contribution in [2.45, 2.75) is 13.0 Å². The second-order valence-electron chi connectivity index (χ2n) is 3.68. The lowest BCUT2D eigenvalue weighted by Gasteiger charge is -2.16. The lowest BCUT2D eigenvalue weighted by Crippen LogP contribution is -2.23. The topological polar surface area (TPSA) is 44.5 Å². The molecule has 0 spiro atoms. The molecule has 0 bridgehead atoms. The standard InChI is InChI=1S/C12H13Cl4NO2/c1-7(6-17)19-12-9(13)4-8(5-10(12)14)18-3-2-11(15)16/h2,4-5,7H,3,6,17H2,1H3. The van der Waals surface area contributed by atoms with Crippen LogP contribution in [0.5, 0.6) is 11.5 Å². The first kappa shape index (κ1) is 16.7. The summed E-state index contributed by atoms with van der Waals surface area (Å²) in [6.07, 6.45) is 1.33. The van der Waals surface area contributed by atoms with Crippen LogP contribution >= 0.6 is 46.4 Å². The Bertz CT molecular complexity index is 438. The molecule has 1 aromatic rings. The van der Waals surface area contributed by atoms with Crippen LogP contribution in [0.15, 0.2) is 22.7 Å². The molecule has 0 saturated carbocycles. The molecule has 0 amide bonds. The molecular weight excluding hydrogens is 332 g/mol. The van der Waals surface area contributed by atoms with Gasteiger partial charge in [-0.15, -0.1) is 0 Å². The summed E-state index contributed by atoms with van der Waals surface area (Å²) in [5, 5.41) is 0.701. The minimum Gasteiger partial charge on any atom is -0.489 e. The van der Waals surface area contributed by atoms with Gasteiger partial charge in [0.15, 0.2) is 5.75 Å². The van der Waals surface area contributed by atoms with Crippen LogP contribution in [0.2, 0.25) is 10.0 Å². The fraction of sp³-hybridized carbons (Fsp3) is 0.333. The fourth-order valence-corrected chi connectivity index (χ4v) is 1.86. The summed E-state index contributed by atoms with van der Waals surface area (Å²) in [5.74, 6) is 0.883. The van der Waals surface area contributed by atoms with E-state index in [0.717, 1.165) is 0 Å². The maximum Gasteiger partial charge on any atom is 0.157 e. The minimum atomic E-state index is -0.181. The summed E-state index contributed by atoms with van der Waals surface area (Å²) in [6, 6.07) is 3.20. The van der Waals surface area contributed by atoms with E-state index in [0.29, 0.717) is 28.1 Å². The van der Waals surface area contributed by atoms with Gasteiger partial charge in [0, 0.05) is 18.7 Å². The lowest BCUT2D eigenvalue weighted by molar-refractivity contribution is 0.230. The molecule has 7 heteroatoms. The van der Waals surface area contributed by atoms with Crippen molar-refractivity contribution in [3.63, 3.8) is 0 Å². The van der Waals surface area contributed by atoms with Gasteiger partial charge in [-0.2, -0.15) is 0 Å². The van der Waals surface area contributed by atoms with Crippen molar-refractivity contribution in [3.8, 4) is 11.5 Å². The number of hydrogen-bond acceptors (Lipinski definition) is 3.